The quantitative estimate of drug-likeness (QED) is 0.712. The number of rotatable bonds is 7. The van der Waals surface area contributed by atoms with E-state index in [1.807, 2.05) is 6.92 Å². The number of amides is 1. The topological polar surface area (TPSA) is 75.6 Å². The summed E-state index contributed by atoms with van der Waals surface area (Å²) in [6.45, 7) is 3.43. The summed E-state index contributed by atoms with van der Waals surface area (Å²) in [6.07, 6.45) is 4.06. The molecule has 2 saturated carbocycles. The van der Waals surface area contributed by atoms with Crippen molar-refractivity contribution in [3.05, 3.63) is 0 Å². The lowest BCUT2D eigenvalue weighted by Gasteiger charge is -2.34. The first-order valence-corrected chi connectivity index (χ1v) is 6.74. The molecule has 0 aromatic carbocycles. The Kier molecular flexibility index (Phi) is 4.22. The molecule has 102 valence electrons. The predicted molar refractivity (Wildman–Crippen MR) is 65.0 cm³/mol. The van der Waals surface area contributed by atoms with E-state index in [0.717, 1.165) is 25.9 Å². The van der Waals surface area contributed by atoms with Crippen LogP contribution >= 0.6 is 0 Å². The average Bonchev–Trinajstić information content (AvgIpc) is 3.05. The van der Waals surface area contributed by atoms with E-state index in [-0.39, 0.29) is 11.8 Å². The molecule has 18 heavy (non-hydrogen) atoms. The maximum atomic E-state index is 11.6. The predicted octanol–water partition coefficient (Wildman–Crippen LogP) is 1.03. The largest absolute Gasteiger partial charge is 0.481 e. The van der Waals surface area contributed by atoms with Gasteiger partial charge in [-0.25, -0.2) is 0 Å². The first-order valence-electron chi connectivity index (χ1n) is 6.74. The first-order chi connectivity index (χ1) is 8.61. The zero-order valence-corrected chi connectivity index (χ0v) is 10.7. The number of carboxylic acid groups (broad SMARTS) is 1. The molecule has 0 radical (unpaired) electrons. The van der Waals surface area contributed by atoms with E-state index in [4.69, 9.17) is 9.84 Å². The maximum absolute atomic E-state index is 11.6. The van der Waals surface area contributed by atoms with Gasteiger partial charge in [0.05, 0.1) is 17.9 Å². The van der Waals surface area contributed by atoms with Gasteiger partial charge in [-0.15, -0.1) is 0 Å². The molecule has 2 rings (SSSR count). The molecular formula is C13H21NO4. The third-order valence-electron chi connectivity index (χ3n) is 3.89. The van der Waals surface area contributed by atoms with Crippen molar-refractivity contribution in [1.29, 1.82) is 0 Å². The van der Waals surface area contributed by atoms with E-state index in [1.165, 1.54) is 0 Å². The van der Waals surface area contributed by atoms with Gasteiger partial charge in [-0.3, -0.25) is 9.59 Å². The SMILES string of the molecule is CCOC1CC(CCNC(=O)C2CC2C(=O)O)C1. The number of ether oxygens (including phenoxy) is 1. The molecule has 0 spiro atoms. The van der Waals surface area contributed by atoms with Gasteiger partial charge in [0.1, 0.15) is 0 Å². The molecule has 2 fully saturated rings. The Morgan fingerprint density at radius 2 is 2.00 bits per heavy atom. The molecular weight excluding hydrogens is 234 g/mol. The van der Waals surface area contributed by atoms with Crippen molar-refractivity contribution in [2.75, 3.05) is 13.2 Å². The van der Waals surface area contributed by atoms with E-state index in [9.17, 15) is 9.59 Å². The molecule has 2 unspecified atom stereocenters. The fraction of sp³-hybridized carbons (Fsp3) is 0.846. The monoisotopic (exact) mass is 255 g/mol. The Morgan fingerprint density at radius 3 is 2.56 bits per heavy atom. The van der Waals surface area contributed by atoms with Crippen LogP contribution in [0.3, 0.4) is 0 Å². The summed E-state index contributed by atoms with van der Waals surface area (Å²) in [4.78, 5) is 22.2. The third kappa shape index (κ3) is 3.22. The Balaban J connectivity index is 1.52. The fourth-order valence-corrected chi connectivity index (χ4v) is 2.57. The van der Waals surface area contributed by atoms with E-state index < -0.39 is 11.9 Å². The standard InChI is InChI=1S/C13H21NO4/c1-2-18-9-5-8(6-9)3-4-14-12(15)10-7-11(10)13(16)17/h8-11H,2-7H2,1H3,(H,14,15)(H,16,17). The number of carbonyl (C=O) groups excluding carboxylic acids is 1. The summed E-state index contributed by atoms with van der Waals surface area (Å²) >= 11 is 0. The highest BCUT2D eigenvalue weighted by Gasteiger charge is 2.48. The van der Waals surface area contributed by atoms with Crippen molar-refractivity contribution in [3.8, 4) is 0 Å². The normalized spacial score (nSPS) is 33.6. The minimum atomic E-state index is -0.853. The van der Waals surface area contributed by atoms with Crippen LogP contribution in [0, 0.1) is 17.8 Å². The minimum Gasteiger partial charge on any atom is -0.481 e. The zero-order valence-electron chi connectivity index (χ0n) is 10.7. The number of carbonyl (C=O) groups is 2. The van der Waals surface area contributed by atoms with Crippen molar-refractivity contribution in [2.24, 2.45) is 17.8 Å². The third-order valence-corrected chi connectivity index (χ3v) is 3.89. The molecule has 1 amide bonds. The van der Waals surface area contributed by atoms with Gasteiger partial charge in [0.2, 0.25) is 5.91 Å². The van der Waals surface area contributed by atoms with E-state index in [0.29, 0.717) is 25.0 Å². The lowest BCUT2D eigenvalue weighted by Crippen LogP contribution is -2.35. The van der Waals surface area contributed by atoms with Gasteiger partial charge in [-0.2, -0.15) is 0 Å². The van der Waals surface area contributed by atoms with Crippen LogP contribution in [0.4, 0.5) is 0 Å². The van der Waals surface area contributed by atoms with Crippen LogP contribution in [0.5, 0.6) is 0 Å². The molecule has 0 heterocycles. The molecule has 0 saturated heterocycles. The molecule has 5 nitrogen and oxygen atoms in total. The van der Waals surface area contributed by atoms with Crippen LogP contribution in [-0.4, -0.2) is 36.2 Å². The van der Waals surface area contributed by atoms with Crippen LogP contribution in [0.1, 0.15) is 32.6 Å². The summed E-state index contributed by atoms with van der Waals surface area (Å²) in [7, 11) is 0. The number of hydrogen-bond acceptors (Lipinski definition) is 3. The van der Waals surface area contributed by atoms with Crippen LogP contribution in [-0.2, 0) is 14.3 Å². The van der Waals surface area contributed by atoms with Gasteiger partial charge in [0, 0.05) is 13.2 Å². The van der Waals surface area contributed by atoms with E-state index in [1.54, 1.807) is 0 Å². The average molecular weight is 255 g/mol. The van der Waals surface area contributed by atoms with Gasteiger partial charge in [0.25, 0.3) is 0 Å². The highest BCUT2D eigenvalue weighted by atomic mass is 16.5. The summed E-state index contributed by atoms with van der Waals surface area (Å²) in [5, 5.41) is 11.6. The van der Waals surface area contributed by atoms with E-state index in [2.05, 4.69) is 5.32 Å². The fourth-order valence-electron chi connectivity index (χ4n) is 2.57. The van der Waals surface area contributed by atoms with Crippen LogP contribution in [0.25, 0.3) is 0 Å². The van der Waals surface area contributed by atoms with Gasteiger partial charge in [-0.1, -0.05) is 0 Å². The summed E-state index contributed by atoms with van der Waals surface area (Å²) in [5.41, 5.74) is 0. The molecule has 2 aliphatic rings. The molecule has 2 atom stereocenters. The molecule has 2 aliphatic carbocycles. The van der Waals surface area contributed by atoms with Crippen molar-refractivity contribution in [1.82, 2.24) is 5.32 Å². The zero-order chi connectivity index (χ0) is 13.1. The second-order valence-corrected chi connectivity index (χ2v) is 5.28. The van der Waals surface area contributed by atoms with Gasteiger partial charge in [-0.05, 0) is 38.5 Å². The number of nitrogens with one attached hydrogen (secondary N) is 1. The number of hydrogen-bond donors (Lipinski definition) is 2. The minimum absolute atomic E-state index is 0.0944. The van der Waals surface area contributed by atoms with Crippen LogP contribution in [0.2, 0.25) is 0 Å². The summed E-state index contributed by atoms with van der Waals surface area (Å²) in [6, 6.07) is 0. The van der Waals surface area contributed by atoms with Crippen LogP contribution in [0.15, 0.2) is 0 Å². The van der Waals surface area contributed by atoms with Crippen molar-refractivity contribution in [3.63, 3.8) is 0 Å². The van der Waals surface area contributed by atoms with E-state index >= 15 is 0 Å². The highest BCUT2D eigenvalue weighted by molar-refractivity contribution is 5.89. The molecule has 0 aromatic rings. The molecule has 0 aromatic heterocycles. The number of aliphatic carboxylic acids is 1. The Labute approximate surface area is 107 Å². The van der Waals surface area contributed by atoms with Crippen molar-refractivity contribution < 1.29 is 19.4 Å². The van der Waals surface area contributed by atoms with Gasteiger partial charge < -0.3 is 15.2 Å². The Morgan fingerprint density at radius 1 is 1.28 bits per heavy atom. The first kappa shape index (κ1) is 13.3. The lowest BCUT2D eigenvalue weighted by atomic mass is 9.80. The summed E-state index contributed by atoms with van der Waals surface area (Å²) in [5.74, 6) is -1.04. The molecule has 0 bridgehead atoms. The van der Waals surface area contributed by atoms with Crippen molar-refractivity contribution in [2.45, 2.75) is 38.7 Å². The van der Waals surface area contributed by atoms with Crippen molar-refractivity contribution >= 4 is 11.9 Å². The smallest absolute Gasteiger partial charge is 0.307 e. The molecule has 0 aliphatic heterocycles. The Bertz CT molecular complexity index is 325. The lowest BCUT2D eigenvalue weighted by molar-refractivity contribution is -0.140. The molecule has 2 N–H and O–H groups in total. The summed E-state index contributed by atoms with van der Waals surface area (Å²) < 4.78 is 5.47. The number of carboxylic acids is 1. The second kappa shape index (κ2) is 5.69. The maximum Gasteiger partial charge on any atom is 0.307 e. The Hall–Kier alpha value is -1.10. The highest BCUT2D eigenvalue weighted by Crippen LogP contribution is 2.38. The van der Waals surface area contributed by atoms with Crippen LogP contribution < -0.4 is 5.32 Å². The molecule has 5 heteroatoms. The van der Waals surface area contributed by atoms with Gasteiger partial charge in [0.15, 0.2) is 0 Å². The second-order valence-electron chi connectivity index (χ2n) is 5.28. The van der Waals surface area contributed by atoms with Gasteiger partial charge >= 0.3 is 5.97 Å².